The van der Waals surface area contributed by atoms with Crippen LogP contribution in [-0.4, -0.2) is 9.55 Å². The van der Waals surface area contributed by atoms with Crippen LogP contribution >= 0.6 is 11.6 Å². The molecule has 0 saturated carbocycles. The van der Waals surface area contributed by atoms with E-state index >= 15 is 0 Å². The Balaban J connectivity index is 3.11. The van der Waals surface area contributed by atoms with Crippen LogP contribution in [0.3, 0.4) is 0 Å². The fourth-order valence-corrected chi connectivity index (χ4v) is 1.46. The second-order valence-electron chi connectivity index (χ2n) is 3.30. The summed E-state index contributed by atoms with van der Waals surface area (Å²) in [6, 6.07) is 0.111. The Kier molecular flexibility index (Phi) is 3.52. The number of nitrogens with zero attached hydrogens (tertiary/aromatic N) is 2. The van der Waals surface area contributed by atoms with Gasteiger partial charge in [0.05, 0.1) is 6.33 Å². The fourth-order valence-electron chi connectivity index (χ4n) is 1.33. The van der Waals surface area contributed by atoms with Crippen molar-refractivity contribution >= 4 is 17.3 Å². The summed E-state index contributed by atoms with van der Waals surface area (Å²) in [6.07, 6.45) is 3.38. The van der Waals surface area contributed by atoms with Gasteiger partial charge in [0.15, 0.2) is 5.15 Å². The van der Waals surface area contributed by atoms with E-state index < -0.39 is 0 Å². The molecule has 0 radical (unpaired) electrons. The van der Waals surface area contributed by atoms with Crippen molar-refractivity contribution in [3.05, 3.63) is 21.8 Å². The molecule has 0 spiro atoms. The second kappa shape index (κ2) is 4.46. The lowest BCUT2D eigenvalue weighted by Crippen LogP contribution is -2.26. The number of anilines is 1. The van der Waals surface area contributed by atoms with Gasteiger partial charge in [0, 0.05) is 6.04 Å². The molecule has 0 aliphatic rings. The summed E-state index contributed by atoms with van der Waals surface area (Å²) < 4.78 is 1.52. The Hall–Kier alpha value is -1.03. The third-order valence-electron chi connectivity index (χ3n) is 2.16. The van der Waals surface area contributed by atoms with Gasteiger partial charge in [-0.15, -0.1) is 0 Å². The van der Waals surface area contributed by atoms with E-state index in [0.717, 1.165) is 12.8 Å². The fraction of sp³-hybridized carbons (Fsp3) is 0.556. The largest absolute Gasteiger partial charge is 0.392 e. The van der Waals surface area contributed by atoms with E-state index in [1.165, 1.54) is 10.9 Å². The van der Waals surface area contributed by atoms with Gasteiger partial charge >= 0.3 is 0 Å². The smallest absolute Gasteiger partial charge is 0.278 e. The van der Waals surface area contributed by atoms with Gasteiger partial charge < -0.3 is 5.73 Å². The first-order valence-electron chi connectivity index (χ1n) is 4.60. The molecule has 0 saturated heterocycles. The van der Waals surface area contributed by atoms with Crippen LogP contribution in [0.2, 0.25) is 5.15 Å². The minimum atomic E-state index is -0.258. The number of halogens is 1. The number of nitrogen functional groups attached to an aromatic ring is 1. The minimum Gasteiger partial charge on any atom is -0.392 e. The Morgan fingerprint density at radius 3 is 2.93 bits per heavy atom. The number of aromatic nitrogens is 2. The van der Waals surface area contributed by atoms with Gasteiger partial charge in [-0.05, 0) is 13.3 Å². The maximum atomic E-state index is 11.6. The number of rotatable bonds is 3. The molecule has 1 atom stereocenters. The van der Waals surface area contributed by atoms with Crippen molar-refractivity contribution in [2.75, 3.05) is 5.73 Å². The molecule has 1 unspecified atom stereocenters. The maximum Gasteiger partial charge on any atom is 0.278 e. The minimum absolute atomic E-state index is 0.0251. The summed E-state index contributed by atoms with van der Waals surface area (Å²) in [6.45, 7) is 4.02. The first kappa shape index (κ1) is 11.0. The molecule has 0 bridgehead atoms. The van der Waals surface area contributed by atoms with Crippen LogP contribution in [0.4, 0.5) is 5.69 Å². The van der Waals surface area contributed by atoms with Crippen molar-refractivity contribution in [2.45, 2.75) is 32.7 Å². The Bertz CT molecular complexity index is 375. The second-order valence-corrected chi connectivity index (χ2v) is 3.66. The summed E-state index contributed by atoms with van der Waals surface area (Å²) >= 11 is 5.62. The van der Waals surface area contributed by atoms with E-state index in [9.17, 15) is 4.79 Å². The van der Waals surface area contributed by atoms with Crippen LogP contribution in [0.25, 0.3) is 0 Å². The van der Waals surface area contributed by atoms with Gasteiger partial charge in [0.2, 0.25) is 0 Å². The molecule has 0 aromatic carbocycles. The summed E-state index contributed by atoms with van der Waals surface area (Å²) in [5.74, 6) is 0. The van der Waals surface area contributed by atoms with Crippen molar-refractivity contribution in [2.24, 2.45) is 0 Å². The van der Waals surface area contributed by atoms with E-state index in [-0.39, 0.29) is 22.4 Å². The predicted molar refractivity (Wildman–Crippen MR) is 57.5 cm³/mol. The molecular formula is C9H14ClN3O. The van der Waals surface area contributed by atoms with Gasteiger partial charge in [0.25, 0.3) is 5.56 Å². The van der Waals surface area contributed by atoms with Crippen LogP contribution in [0.5, 0.6) is 0 Å². The standard InChI is InChI=1S/C9H14ClN3O/c1-3-4-6(2)13-5-12-8(10)7(11)9(13)14/h5-6H,3-4,11H2,1-2H3. The van der Waals surface area contributed by atoms with Gasteiger partial charge in [-0.25, -0.2) is 4.98 Å². The lowest BCUT2D eigenvalue weighted by molar-refractivity contribution is 0.481. The Morgan fingerprint density at radius 2 is 2.36 bits per heavy atom. The van der Waals surface area contributed by atoms with Gasteiger partial charge in [-0.3, -0.25) is 9.36 Å². The molecule has 0 amide bonds. The highest BCUT2D eigenvalue weighted by atomic mass is 35.5. The molecule has 0 fully saturated rings. The van der Waals surface area contributed by atoms with E-state index in [1.54, 1.807) is 0 Å². The first-order chi connectivity index (χ1) is 6.57. The van der Waals surface area contributed by atoms with E-state index in [2.05, 4.69) is 11.9 Å². The molecule has 1 rings (SSSR count). The van der Waals surface area contributed by atoms with Crippen molar-refractivity contribution < 1.29 is 0 Å². The van der Waals surface area contributed by atoms with Crippen molar-refractivity contribution in [3.63, 3.8) is 0 Å². The normalized spacial score (nSPS) is 12.8. The number of nitrogens with two attached hydrogens (primary N) is 1. The lowest BCUT2D eigenvalue weighted by Gasteiger charge is -2.13. The highest BCUT2D eigenvalue weighted by molar-refractivity contribution is 6.31. The molecule has 4 nitrogen and oxygen atoms in total. The average Bonchev–Trinajstić information content (AvgIpc) is 2.15. The lowest BCUT2D eigenvalue weighted by atomic mass is 10.2. The molecule has 0 aliphatic carbocycles. The molecule has 1 heterocycles. The molecule has 2 N–H and O–H groups in total. The summed E-state index contributed by atoms with van der Waals surface area (Å²) in [4.78, 5) is 15.5. The Labute approximate surface area is 87.7 Å². The molecule has 14 heavy (non-hydrogen) atoms. The van der Waals surface area contributed by atoms with E-state index in [0.29, 0.717) is 0 Å². The van der Waals surface area contributed by atoms with Crippen molar-refractivity contribution in [1.29, 1.82) is 0 Å². The summed E-state index contributed by atoms with van der Waals surface area (Å²) in [5, 5.41) is 0.0787. The zero-order valence-corrected chi connectivity index (χ0v) is 9.08. The zero-order chi connectivity index (χ0) is 10.7. The predicted octanol–water partition coefficient (Wildman–Crippen LogP) is 1.84. The van der Waals surface area contributed by atoms with Crippen LogP contribution in [0.1, 0.15) is 32.7 Å². The first-order valence-corrected chi connectivity index (χ1v) is 4.97. The van der Waals surface area contributed by atoms with Crippen molar-refractivity contribution in [1.82, 2.24) is 9.55 Å². The monoisotopic (exact) mass is 215 g/mol. The summed E-state index contributed by atoms with van der Waals surface area (Å²) in [5.41, 5.74) is 5.26. The third kappa shape index (κ3) is 2.07. The highest BCUT2D eigenvalue weighted by Crippen LogP contribution is 2.13. The SMILES string of the molecule is CCCC(C)n1cnc(Cl)c(N)c1=O. The molecule has 1 aromatic heterocycles. The maximum absolute atomic E-state index is 11.6. The molecule has 5 heteroatoms. The van der Waals surface area contributed by atoms with Crippen LogP contribution < -0.4 is 11.3 Å². The average molecular weight is 216 g/mol. The van der Waals surface area contributed by atoms with E-state index in [1.807, 2.05) is 6.92 Å². The van der Waals surface area contributed by atoms with Crippen LogP contribution in [0, 0.1) is 0 Å². The van der Waals surface area contributed by atoms with Gasteiger partial charge in [-0.1, -0.05) is 24.9 Å². The summed E-state index contributed by atoms with van der Waals surface area (Å²) in [7, 11) is 0. The Morgan fingerprint density at radius 1 is 1.71 bits per heavy atom. The molecule has 1 aromatic rings. The topological polar surface area (TPSA) is 60.9 Å². The van der Waals surface area contributed by atoms with Crippen LogP contribution in [0.15, 0.2) is 11.1 Å². The third-order valence-corrected chi connectivity index (χ3v) is 2.47. The van der Waals surface area contributed by atoms with Crippen LogP contribution in [-0.2, 0) is 0 Å². The number of hydrogen-bond donors (Lipinski definition) is 1. The zero-order valence-electron chi connectivity index (χ0n) is 8.33. The van der Waals surface area contributed by atoms with Gasteiger partial charge in [0.1, 0.15) is 5.69 Å². The number of hydrogen-bond acceptors (Lipinski definition) is 3. The molecule has 0 aliphatic heterocycles. The van der Waals surface area contributed by atoms with Crippen molar-refractivity contribution in [3.8, 4) is 0 Å². The quantitative estimate of drug-likeness (QED) is 0.783. The molecule has 78 valence electrons. The van der Waals surface area contributed by atoms with E-state index in [4.69, 9.17) is 17.3 Å². The van der Waals surface area contributed by atoms with Gasteiger partial charge in [-0.2, -0.15) is 0 Å². The highest BCUT2D eigenvalue weighted by Gasteiger charge is 2.10. The molecular weight excluding hydrogens is 202 g/mol.